The zero-order valence-corrected chi connectivity index (χ0v) is 36.2. The molecule has 2 aromatic carbocycles. The highest BCUT2D eigenvalue weighted by molar-refractivity contribution is 5.90. The third-order valence-electron chi connectivity index (χ3n) is 12.8. The van der Waals surface area contributed by atoms with Gasteiger partial charge in [0.2, 0.25) is 11.8 Å². The van der Waals surface area contributed by atoms with Crippen molar-refractivity contribution < 1.29 is 47.6 Å². The monoisotopic (exact) mass is 854 g/mol. The van der Waals surface area contributed by atoms with Crippen molar-refractivity contribution in [2.75, 3.05) is 28.4 Å². The van der Waals surface area contributed by atoms with Gasteiger partial charge in [-0.1, -0.05) is 0 Å². The predicted molar refractivity (Wildman–Crippen MR) is 224 cm³/mol. The number of H-pyrrole nitrogens is 2. The van der Waals surface area contributed by atoms with Gasteiger partial charge in [0.15, 0.2) is 0 Å². The summed E-state index contributed by atoms with van der Waals surface area (Å²) in [6, 6.07) is 5.45. The zero-order chi connectivity index (χ0) is 44.0. The van der Waals surface area contributed by atoms with Gasteiger partial charge in [0.05, 0.1) is 62.3 Å². The van der Waals surface area contributed by atoms with Crippen LogP contribution in [0.3, 0.4) is 0 Å². The lowest BCUT2D eigenvalue weighted by molar-refractivity contribution is -0.140. The molecule has 4 N–H and O–H groups in total. The summed E-state index contributed by atoms with van der Waals surface area (Å²) in [5.41, 5.74) is 7.19. The Morgan fingerprint density at radius 2 is 1.06 bits per heavy atom. The molecule has 3 unspecified atom stereocenters. The molecular formula is C44H54N8O10. The fraction of sp³-hybridized carbons (Fsp3) is 0.500. The standard InChI is InChI=1S/C44H54N8O10/c1-21-9-11-31(51(21)41(53)37(23(3)57-5)49-43(55)59-7)39-45-17-29(47-39)25-13-27-19-62-34-16-26(14-28-20-61-33(15-25)35(27)36(28)34)30-18-46-40(48-30)32-12-10-22(2)52(32)42(54)38(24(4)58-6)50-44(56)60-8/h13-18,21-24,31-32,37-38H,9-12,19-20H2,1-8H3,(H,45,47)(H,46,48)(H,49,55)(H,50,56)/t21-,22-,23+,24?,31?,32-,37?,38-/m0/s1. The Labute approximate surface area is 359 Å². The molecule has 0 radical (unpaired) electrons. The van der Waals surface area contributed by atoms with Crippen molar-refractivity contribution in [1.82, 2.24) is 40.4 Å². The number of alkyl carbamates (subject to hydrolysis) is 2. The lowest BCUT2D eigenvalue weighted by Crippen LogP contribution is -2.55. The molecule has 2 aromatic heterocycles. The first-order valence-corrected chi connectivity index (χ1v) is 20.9. The number of amides is 4. The maximum atomic E-state index is 14.0. The smallest absolute Gasteiger partial charge is 0.407 e. The molecule has 8 atom stereocenters. The van der Waals surface area contributed by atoms with Crippen LogP contribution in [0.2, 0.25) is 0 Å². The highest BCUT2D eigenvalue weighted by Crippen LogP contribution is 2.51. The average Bonchev–Trinajstić information content (AvgIpc) is 4.12. The van der Waals surface area contributed by atoms with E-state index in [4.69, 9.17) is 38.4 Å². The molecule has 0 aliphatic carbocycles. The van der Waals surface area contributed by atoms with Gasteiger partial charge < -0.3 is 58.8 Å². The van der Waals surface area contributed by atoms with Gasteiger partial charge in [-0.2, -0.15) is 0 Å². The van der Waals surface area contributed by atoms with Crippen LogP contribution >= 0.6 is 0 Å². The number of ether oxygens (including phenoxy) is 6. The van der Waals surface area contributed by atoms with E-state index in [9.17, 15) is 19.2 Å². The van der Waals surface area contributed by atoms with Crippen LogP contribution in [-0.2, 0) is 41.8 Å². The minimum atomic E-state index is -0.941. The number of hydrogen-bond donors (Lipinski definition) is 4. The fourth-order valence-electron chi connectivity index (χ4n) is 9.27. The Bertz CT molecular complexity index is 2150. The highest BCUT2D eigenvalue weighted by atomic mass is 16.5. The Balaban J connectivity index is 1.03. The van der Waals surface area contributed by atoms with E-state index in [1.54, 1.807) is 36.0 Å². The number of hydrogen-bond acceptors (Lipinski definition) is 12. The van der Waals surface area contributed by atoms with Crippen molar-refractivity contribution in [3.05, 3.63) is 59.4 Å². The molecule has 2 fully saturated rings. The zero-order valence-electron chi connectivity index (χ0n) is 36.2. The van der Waals surface area contributed by atoms with Crippen LogP contribution in [0, 0.1) is 0 Å². The lowest BCUT2D eigenvalue weighted by Gasteiger charge is -2.33. The molecule has 6 heterocycles. The van der Waals surface area contributed by atoms with Gasteiger partial charge in [0.25, 0.3) is 0 Å². The van der Waals surface area contributed by atoms with E-state index in [1.807, 2.05) is 26.0 Å². The number of aromatic nitrogens is 4. The molecule has 18 nitrogen and oxygen atoms in total. The van der Waals surface area contributed by atoms with Gasteiger partial charge in [-0.15, -0.1) is 0 Å². The molecule has 62 heavy (non-hydrogen) atoms. The van der Waals surface area contributed by atoms with Crippen molar-refractivity contribution in [2.45, 2.75) is 115 Å². The van der Waals surface area contributed by atoms with Crippen LogP contribution in [0.4, 0.5) is 9.59 Å². The first-order valence-electron chi connectivity index (χ1n) is 20.9. The molecule has 4 amide bonds. The van der Waals surface area contributed by atoms with Crippen LogP contribution in [0.5, 0.6) is 11.5 Å². The van der Waals surface area contributed by atoms with Crippen LogP contribution in [-0.4, -0.2) is 119 Å². The van der Waals surface area contributed by atoms with E-state index in [-0.39, 0.29) is 36.0 Å². The summed E-state index contributed by atoms with van der Waals surface area (Å²) in [5.74, 6) is 2.22. The van der Waals surface area contributed by atoms with E-state index >= 15 is 0 Å². The molecule has 0 spiro atoms. The quantitative estimate of drug-likeness (QED) is 0.138. The highest BCUT2D eigenvalue weighted by Gasteiger charge is 2.44. The second-order valence-electron chi connectivity index (χ2n) is 16.4. The predicted octanol–water partition coefficient (Wildman–Crippen LogP) is 5.54. The summed E-state index contributed by atoms with van der Waals surface area (Å²) >= 11 is 0. The molecule has 0 bridgehead atoms. The summed E-state index contributed by atoms with van der Waals surface area (Å²) in [6.45, 7) is 8.08. The first-order chi connectivity index (χ1) is 29.8. The topological polar surface area (TPSA) is 212 Å². The second kappa shape index (κ2) is 17.3. The normalized spacial score (nSPS) is 21.8. The Hall–Kier alpha value is -6.14. The number of rotatable bonds is 12. The number of aromatic amines is 2. The van der Waals surface area contributed by atoms with Gasteiger partial charge in [0.1, 0.15) is 48.4 Å². The number of imidazole rings is 2. The summed E-state index contributed by atoms with van der Waals surface area (Å²) in [6.07, 6.45) is 3.87. The third-order valence-corrected chi connectivity index (χ3v) is 12.8. The Morgan fingerprint density at radius 1 is 0.661 bits per heavy atom. The van der Waals surface area contributed by atoms with Crippen molar-refractivity contribution in [3.8, 4) is 45.1 Å². The minimum absolute atomic E-state index is 0.0883. The number of nitrogens with zero attached hydrogens (tertiary/aromatic N) is 4. The van der Waals surface area contributed by atoms with E-state index in [1.165, 1.54) is 28.4 Å². The molecule has 4 aromatic rings. The molecular weight excluding hydrogens is 801 g/mol. The van der Waals surface area contributed by atoms with E-state index < -0.39 is 36.5 Å². The number of carbonyl (C=O) groups excluding carboxylic acids is 4. The summed E-state index contributed by atoms with van der Waals surface area (Å²) in [7, 11) is 5.50. The average molecular weight is 855 g/mol. The molecule has 18 heteroatoms. The Morgan fingerprint density at radius 3 is 1.44 bits per heavy atom. The van der Waals surface area contributed by atoms with Gasteiger partial charge in [-0.05, 0) is 77.6 Å². The molecule has 2 saturated heterocycles. The summed E-state index contributed by atoms with van der Waals surface area (Å²) in [4.78, 5) is 72.3. The number of nitrogens with one attached hydrogen (secondary N) is 4. The van der Waals surface area contributed by atoms with Crippen molar-refractivity contribution in [2.24, 2.45) is 0 Å². The first kappa shape index (κ1) is 42.5. The number of carbonyl (C=O) groups is 4. The van der Waals surface area contributed by atoms with Crippen LogP contribution in [0.1, 0.15) is 88.2 Å². The lowest BCUT2D eigenvalue weighted by atomic mass is 9.87. The van der Waals surface area contributed by atoms with Gasteiger partial charge >= 0.3 is 12.2 Å². The van der Waals surface area contributed by atoms with E-state index in [2.05, 4.69) is 32.7 Å². The van der Waals surface area contributed by atoms with Gasteiger partial charge in [-0.25, -0.2) is 19.6 Å². The molecule has 330 valence electrons. The van der Waals surface area contributed by atoms with Crippen molar-refractivity contribution in [1.29, 1.82) is 0 Å². The largest absolute Gasteiger partial charge is 0.488 e. The summed E-state index contributed by atoms with van der Waals surface area (Å²) in [5, 5.41) is 5.29. The van der Waals surface area contributed by atoms with E-state index in [0.29, 0.717) is 37.7 Å². The maximum absolute atomic E-state index is 14.0. The van der Waals surface area contributed by atoms with Crippen LogP contribution in [0.25, 0.3) is 33.6 Å². The van der Waals surface area contributed by atoms with Gasteiger partial charge in [0, 0.05) is 59.7 Å². The SMILES string of the molecule is COC(=O)NC(C(=O)N1C(c2ncc(-c3cc4c5c(c3)OCc3cc(-c6cnc([C@@H]7CC[C@H](C)N7C(=O)[C@@H](NC(=O)OC)C(C)OC)[nH]6)cc(c3-5)OC4)[nH]2)CC[C@@H]1C)[C@@H](C)OC. The van der Waals surface area contributed by atoms with Crippen LogP contribution in [0.15, 0.2) is 36.7 Å². The third kappa shape index (κ3) is 7.69. The molecule has 4 aliphatic rings. The van der Waals surface area contributed by atoms with Crippen LogP contribution < -0.4 is 20.1 Å². The number of likely N-dealkylation sites (tertiary alicyclic amines) is 2. The van der Waals surface area contributed by atoms with Crippen molar-refractivity contribution in [3.63, 3.8) is 0 Å². The number of benzene rings is 2. The van der Waals surface area contributed by atoms with E-state index in [0.717, 1.165) is 69.1 Å². The second-order valence-corrected chi connectivity index (χ2v) is 16.4. The fourth-order valence-corrected chi connectivity index (χ4v) is 9.27. The molecule has 0 saturated carbocycles. The number of methoxy groups -OCH3 is 4. The maximum Gasteiger partial charge on any atom is 0.407 e. The Kier molecular flexibility index (Phi) is 11.9. The minimum Gasteiger partial charge on any atom is -0.488 e. The molecule has 8 rings (SSSR count). The summed E-state index contributed by atoms with van der Waals surface area (Å²) < 4.78 is 33.4. The van der Waals surface area contributed by atoms with Gasteiger partial charge in [-0.3, -0.25) is 9.59 Å². The molecule has 4 aliphatic heterocycles. The van der Waals surface area contributed by atoms with Crippen molar-refractivity contribution >= 4 is 24.0 Å².